The van der Waals surface area contributed by atoms with Crippen molar-refractivity contribution >= 4 is 28.1 Å². The van der Waals surface area contributed by atoms with E-state index >= 15 is 0 Å². The topological polar surface area (TPSA) is 42.3 Å². The van der Waals surface area contributed by atoms with Gasteiger partial charge >= 0.3 is 0 Å². The minimum atomic E-state index is -0.0217. The number of rotatable bonds is 5. The van der Waals surface area contributed by atoms with Gasteiger partial charge in [-0.2, -0.15) is 0 Å². The Morgan fingerprint density at radius 1 is 1.06 bits per heavy atom. The Bertz CT molecular complexity index is 1370. The SMILES string of the molecule is Cc1cc([C@@H]2[C@@H](c3ccccn3)NC(=S)N2C[C@@H]2CCCO2)c(C)n1-c1cccc2ccccc12. The number of ether oxygens (including phenoxy) is 1. The Morgan fingerprint density at radius 3 is 2.69 bits per heavy atom. The van der Waals surface area contributed by atoms with E-state index in [1.165, 1.54) is 33.4 Å². The molecule has 2 fully saturated rings. The molecular formula is C29H30N4OS. The predicted molar refractivity (Wildman–Crippen MR) is 144 cm³/mol. The highest BCUT2D eigenvalue weighted by Gasteiger charge is 2.42. The van der Waals surface area contributed by atoms with Crippen LogP contribution in [0.2, 0.25) is 0 Å². The maximum absolute atomic E-state index is 6.02. The van der Waals surface area contributed by atoms with Gasteiger partial charge in [-0.1, -0.05) is 42.5 Å². The Balaban J connectivity index is 1.48. The van der Waals surface area contributed by atoms with Crippen LogP contribution in [0.4, 0.5) is 0 Å². The number of fused-ring (bicyclic) bond motifs is 1. The van der Waals surface area contributed by atoms with E-state index < -0.39 is 0 Å². The fourth-order valence-electron chi connectivity index (χ4n) is 5.81. The summed E-state index contributed by atoms with van der Waals surface area (Å²) in [5.41, 5.74) is 5.93. The van der Waals surface area contributed by atoms with Gasteiger partial charge in [0.1, 0.15) is 0 Å². The van der Waals surface area contributed by atoms with E-state index in [2.05, 4.69) is 83.2 Å². The van der Waals surface area contributed by atoms with Crippen molar-refractivity contribution in [2.75, 3.05) is 13.2 Å². The van der Waals surface area contributed by atoms with Crippen molar-refractivity contribution in [3.8, 4) is 5.69 Å². The van der Waals surface area contributed by atoms with E-state index in [1.54, 1.807) is 0 Å². The van der Waals surface area contributed by atoms with E-state index in [0.29, 0.717) is 0 Å². The molecule has 178 valence electrons. The molecule has 0 unspecified atom stereocenters. The van der Waals surface area contributed by atoms with Crippen LogP contribution in [0, 0.1) is 13.8 Å². The summed E-state index contributed by atoms with van der Waals surface area (Å²) in [6, 6.07) is 23.6. The Hall–Kier alpha value is -3.22. The number of nitrogens with one attached hydrogen (secondary N) is 1. The highest BCUT2D eigenvalue weighted by molar-refractivity contribution is 7.80. The summed E-state index contributed by atoms with van der Waals surface area (Å²) in [5.74, 6) is 0. The lowest BCUT2D eigenvalue weighted by Crippen LogP contribution is -2.36. The summed E-state index contributed by atoms with van der Waals surface area (Å²) in [6.07, 6.45) is 4.26. The molecule has 2 aromatic carbocycles. The van der Waals surface area contributed by atoms with Crippen molar-refractivity contribution in [3.63, 3.8) is 0 Å². The molecule has 35 heavy (non-hydrogen) atoms. The fourth-order valence-corrected chi connectivity index (χ4v) is 6.12. The maximum Gasteiger partial charge on any atom is 0.170 e. The van der Waals surface area contributed by atoms with Gasteiger partial charge in [0.15, 0.2) is 5.11 Å². The molecule has 3 atom stereocenters. The second-order valence-electron chi connectivity index (χ2n) is 9.57. The maximum atomic E-state index is 6.02. The van der Waals surface area contributed by atoms with Crippen molar-refractivity contribution in [2.45, 2.75) is 44.9 Å². The second-order valence-corrected chi connectivity index (χ2v) is 9.96. The monoisotopic (exact) mass is 482 g/mol. The van der Waals surface area contributed by atoms with Gasteiger partial charge in [-0.3, -0.25) is 4.98 Å². The molecule has 0 aliphatic carbocycles. The lowest BCUT2D eigenvalue weighted by molar-refractivity contribution is 0.0842. The van der Waals surface area contributed by atoms with Crippen LogP contribution in [0.15, 0.2) is 72.9 Å². The normalized spacial score (nSPS) is 22.2. The van der Waals surface area contributed by atoms with Crippen molar-refractivity contribution in [2.24, 2.45) is 0 Å². The third-order valence-electron chi connectivity index (χ3n) is 7.42. The van der Waals surface area contributed by atoms with Gasteiger partial charge in [0, 0.05) is 36.1 Å². The van der Waals surface area contributed by atoms with Crippen LogP contribution in [0.3, 0.4) is 0 Å². The van der Waals surface area contributed by atoms with Crippen LogP contribution in [0.1, 0.15) is 47.6 Å². The molecule has 2 aliphatic rings. The zero-order chi connectivity index (χ0) is 23.9. The van der Waals surface area contributed by atoms with Crippen molar-refractivity contribution < 1.29 is 4.74 Å². The second kappa shape index (κ2) is 9.10. The molecule has 1 N–H and O–H groups in total. The van der Waals surface area contributed by atoms with Gasteiger partial charge in [-0.25, -0.2) is 0 Å². The van der Waals surface area contributed by atoms with Gasteiger partial charge in [0.25, 0.3) is 0 Å². The number of benzene rings is 2. The minimum Gasteiger partial charge on any atom is -0.376 e. The molecule has 2 saturated heterocycles. The molecule has 4 heterocycles. The van der Waals surface area contributed by atoms with Crippen LogP contribution >= 0.6 is 12.2 Å². The Morgan fingerprint density at radius 2 is 1.89 bits per heavy atom. The highest BCUT2D eigenvalue weighted by atomic mass is 32.1. The first-order chi connectivity index (χ1) is 17.1. The smallest absolute Gasteiger partial charge is 0.170 e. The zero-order valence-corrected chi connectivity index (χ0v) is 21.0. The summed E-state index contributed by atoms with van der Waals surface area (Å²) in [7, 11) is 0. The molecule has 0 radical (unpaired) electrons. The highest BCUT2D eigenvalue weighted by Crippen LogP contribution is 2.42. The number of aromatic nitrogens is 2. The van der Waals surface area contributed by atoms with Crippen LogP contribution < -0.4 is 5.32 Å². The number of aryl methyl sites for hydroxylation is 1. The lowest BCUT2D eigenvalue weighted by atomic mass is 9.96. The van der Waals surface area contributed by atoms with Gasteiger partial charge in [0.05, 0.1) is 29.6 Å². The molecule has 5 nitrogen and oxygen atoms in total. The zero-order valence-electron chi connectivity index (χ0n) is 20.1. The van der Waals surface area contributed by atoms with E-state index in [0.717, 1.165) is 36.8 Å². The number of hydrogen-bond acceptors (Lipinski definition) is 3. The van der Waals surface area contributed by atoms with Crippen LogP contribution in [0.5, 0.6) is 0 Å². The molecule has 0 saturated carbocycles. The van der Waals surface area contributed by atoms with Gasteiger partial charge in [-0.05, 0) is 74.1 Å². The first-order valence-electron chi connectivity index (χ1n) is 12.4. The predicted octanol–water partition coefficient (Wildman–Crippen LogP) is 5.79. The minimum absolute atomic E-state index is 0.0217. The molecule has 6 heteroatoms. The van der Waals surface area contributed by atoms with Gasteiger partial charge in [-0.15, -0.1) is 0 Å². The summed E-state index contributed by atoms with van der Waals surface area (Å²) < 4.78 is 8.40. The van der Waals surface area contributed by atoms with E-state index in [1.807, 2.05) is 18.3 Å². The molecule has 4 aromatic rings. The molecule has 6 rings (SSSR count). The molecule has 0 bridgehead atoms. The molecule has 0 amide bonds. The molecular weight excluding hydrogens is 452 g/mol. The summed E-state index contributed by atoms with van der Waals surface area (Å²) in [5, 5.41) is 6.87. The number of thiocarbonyl (C=S) groups is 1. The van der Waals surface area contributed by atoms with Crippen molar-refractivity contribution in [1.29, 1.82) is 0 Å². The molecule has 2 aromatic heterocycles. The number of hydrogen-bond donors (Lipinski definition) is 1. The first-order valence-corrected chi connectivity index (χ1v) is 12.8. The van der Waals surface area contributed by atoms with Crippen LogP contribution in [-0.2, 0) is 4.74 Å². The van der Waals surface area contributed by atoms with Crippen LogP contribution in [-0.4, -0.2) is 38.8 Å². The number of pyridine rings is 1. The summed E-state index contributed by atoms with van der Waals surface area (Å²) in [6.45, 7) is 6.05. The van der Waals surface area contributed by atoms with Gasteiger partial charge < -0.3 is 19.5 Å². The average Bonchev–Trinajstić information content (AvgIpc) is 3.58. The van der Waals surface area contributed by atoms with E-state index in [9.17, 15) is 0 Å². The quantitative estimate of drug-likeness (QED) is 0.365. The largest absolute Gasteiger partial charge is 0.376 e. The van der Waals surface area contributed by atoms with Crippen molar-refractivity contribution in [1.82, 2.24) is 19.8 Å². The van der Waals surface area contributed by atoms with E-state index in [-0.39, 0.29) is 18.2 Å². The number of nitrogens with zero attached hydrogens (tertiary/aromatic N) is 3. The van der Waals surface area contributed by atoms with Crippen LogP contribution in [0.25, 0.3) is 16.5 Å². The first kappa shape index (κ1) is 22.3. The molecule has 2 aliphatic heterocycles. The third-order valence-corrected chi connectivity index (χ3v) is 7.77. The average molecular weight is 483 g/mol. The summed E-state index contributed by atoms with van der Waals surface area (Å²) in [4.78, 5) is 7.04. The summed E-state index contributed by atoms with van der Waals surface area (Å²) >= 11 is 5.89. The fraction of sp³-hybridized carbons (Fsp3) is 0.310. The standard InChI is InChI=1S/C29H30N4OS/c1-19-17-24(20(2)33(19)26-14-7-10-21-9-3-4-12-23(21)26)28-27(25-13-5-6-15-30-25)31-29(35)32(28)18-22-11-8-16-34-22/h3-7,9-10,12-15,17,22,27-28H,8,11,16,18H2,1-2H3,(H,31,35)/t22-,27+,28+/m0/s1. The third kappa shape index (κ3) is 3.91. The molecule has 0 spiro atoms. The lowest BCUT2D eigenvalue weighted by Gasteiger charge is -2.30. The van der Waals surface area contributed by atoms with E-state index in [4.69, 9.17) is 21.9 Å². The Labute approximate surface area is 211 Å². The Kier molecular flexibility index (Phi) is 5.78. The van der Waals surface area contributed by atoms with Crippen molar-refractivity contribution in [3.05, 3.63) is 95.6 Å². The van der Waals surface area contributed by atoms with Gasteiger partial charge in [0.2, 0.25) is 0 Å².